The van der Waals surface area contributed by atoms with E-state index >= 15 is 0 Å². The largest absolute Gasteiger partial charge is 0.360 e. The fourth-order valence-corrected chi connectivity index (χ4v) is 4.11. The molecule has 2 amide bonds. The Morgan fingerprint density at radius 3 is 2.30 bits per heavy atom. The number of benzene rings is 2. The molecule has 2 saturated heterocycles. The number of carbonyl (C=O) groups is 2. The number of para-hydroxylation sites is 1. The first-order valence-electron chi connectivity index (χ1n) is 9.35. The van der Waals surface area contributed by atoms with E-state index in [1.165, 1.54) is 15.5 Å². The molecule has 140 valence electrons. The van der Waals surface area contributed by atoms with Crippen molar-refractivity contribution >= 4 is 29.1 Å². The van der Waals surface area contributed by atoms with Crippen LogP contribution in [-0.2, 0) is 16.1 Å². The average Bonchev–Trinajstić information content (AvgIpc) is 2.99. The molecule has 2 aliphatic rings. The van der Waals surface area contributed by atoms with Gasteiger partial charge in [-0.3, -0.25) is 14.5 Å². The number of piperazine rings is 1. The second-order valence-corrected chi connectivity index (χ2v) is 7.62. The predicted octanol–water partition coefficient (Wildman–Crippen LogP) is 1.37. The second-order valence-electron chi connectivity index (χ2n) is 7.18. The number of nitrogens with one attached hydrogen (secondary N) is 1. The quantitative estimate of drug-likeness (QED) is 0.810. The molecule has 0 bridgehead atoms. The minimum Gasteiger partial charge on any atom is -0.360 e. The van der Waals surface area contributed by atoms with E-state index in [0.717, 1.165) is 31.7 Å². The second kappa shape index (κ2) is 7.71. The zero-order valence-corrected chi connectivity index (χ0v) is 15.9. The molecule has 5 nitrogen and oxygen atoms in total. The van der Waals surface area contributed by atoms with Crippen molar-refractivity contribution in [1.29, 1.82) is 0 Å². The van der Waals surface area contributed by atoms with Gasteiger partial charge >= 0.3 is 0 Å². The highest BCUT2D eigenvalue weighted by Crippen LogP contribution is 2.18. The average molecular weight is 385 g/mol. The van der Waals surface area contributed by atoms with Crippen LogP contribution in [-0.4, -0.2) is 48.9 Å². The molecule has 0 aromatic heterocycles. The summed E-state index contributed by atoms with van der Waals surface area (Å²) in [4.78, 5) is 30.3. The van der Waals surface area contributed by atoms with Gasteiger partial charge in [0.15, 0.2) is 6.04 Å². The molecule has 2 aliphatic heterocycles. The van der Waals surface area contributed by atoms with Gasteiger partial charge in [0.1, 0.15) is 0 Å². The van der Waals surface area contributed by atoms with E-state index in [9.17, 15) is 9.59 Å². The van der Waals surface area contributed by atoms with Crippen molar-refractivity contribution in [2.75, 3.05) is 31.1 Å². The first kappa shape index (κ1) is 18.0. The molecular weight excluding hydrogens is 362 g/mol. The van der Waals surface area contributed by atoms with Crippen molar-refractivity contribution in [1.82, 2.24) is 4.90 Å². The molecule has 2 heterocycles. The lowest BCUT2D eigenvalue weighted by molar-refractivity contribution is -0.915. The molecule has 0 saturated carbocycles. The summed E-state index contributed by atoms with van der Waals surface area (Å²) in [7, 11) is 0. The Labute approximate surface area is 164 Å². The van der Waals surface area contributed by atoms with Crippen molar-refractivity contribution in [2.45, 2.75) is 19.0 Å². The van der Waals surface area contributed by atoms with Crippen LogP contribution in [0, 0.1) is 0 Å². The summed E-state index contributed by atoms with van der Waals surface area (Å²) in [6.45, 7) is 3.86. The zero-order chi connectivity index (χ0) is 18.8. The van der Waals surface area contributed by atoms with Crippen LogP contribution in [0.5, 0.6) is 0 Å². The number of halogens is 1. The molecule has 4 rings (SSSR count). The van der Waals surface area contributed by atoms with Crippen LogP contribution in [0.3, 0.4) is 0 Å². The lowest BCUT2D eigenvalue weighted by Crippen LogP contribution is -3.19. The van der Waals surface area contributed by atoms with Gasteiger partial charge in [-0.25, -0.2) is 0 Å². The van der Waals surface area contributed by atoms with E-state index in [1.54, 1.807) is 12.1 Å². The van der Waals surface area contributed by atoms with E-state index in [0.29, 0.717) is 18.0 Å². The van der Waals surface area contributed by atoms with Crippen molar-refractivity contribution < 1.29 is 14.5 Å². The fourth-order valence-electron chi connectivity index (χ4n) is 3.98. The van der Waals surface area contributed by atoms with Crippen LogP contribution >= 0.6 is 11.6 Å². The molecule has 1 atom stereocenters. The van der Waals surface area contributed by atoms with Crippen molar-refractivity contribution in [3.8, 4) is 0 Å². The Kier molecular flexibility index (Phi) is 5.14. The summed E-state index contributed by atoms with van der Waals surface area (Å²) < 4.78 is 0. The third kappa shape index (κ3) is 3.84. The van der Waals surface area contributed by atoms with Gasteiger partial charge < -0.3 is 9.80 Å². The monoisotopic (exact) mass is 384 g/mol. The molecule has 2 aromatic rings. The van der Waals surface area contributed by atoms with Gasteiger partial charge in [-0.1, -0.05) is 41.9 Å². The van der Waals surface area contributed by atoms with E-state index < -0.39 is 0 Å². The van der Waals surface area contributed by atoms with Gasteiger partial charge in [-0.15, -0.1) is 0 Å². The maximum atomic E-state index is 12.9. The Morgan fingerprint density at radius 2 is 1.63 bits per heavy atom. The molecule has 6 heteroatoms. The normalized spacial score (nSPS) is 21.1. The standard InChI is InChI=1S/C21H22ClN3O2/c22-17-8-6-16(7-9-17)15-25-20(26)14-19(21(25)27)24-12-10-23(11-13-24)18-4-2-1-3-5-18/h1-9,19H,10-15H2/p+1/t19-/m1/s1. The summed E-state index contributed by atoms with van der Waals surface area (Å²) >= 11 is 5.91. The molecule has 27 heavy (non-hydrogen) atoms. The number of anilines is 1. The van der Waals surface area contributed by atoms with Crippen LogP contribution in [0.25, 0.3) is 0 Å². The highest BCUT2D eigenvalue weighted by atomic mass is 35.5. The SMILES string of the molecule is O=C1C[C@@H]([NH+]2CCN(c3ccccc3)CC2)C(=O)N1Cc1ccc(Cl)cc1. The number of hydrogen-bond acceptors (Lipinski definition) is 3. The Hall–Kier alpha value is -2.37. The topological polar surface area (TPSA) is 45.1 Å². The number of hydrogen-bond donors (Lipinski definition) is 1. The first-order valence-corrected chi connectivity index (χ1v) is 9.73. The highest BCUT2D eigenvalue weighted by Gasteiger charge is 2.45. The van der Waals surface area contributed by atoms with E-state index in [-0.39, 0.29) is 17.9 Å². The van der Waals surface area contributed by atoms with Crippen molar-refractivity contribution in [3.63, 3.8) is 0 Å². The minimum absolute atomic E-state index is 0.0434. The van der Waals surface area contributed by atoms with Crippen LogP contribution in [0.2, 0.25) is 5.02 Å². The number of rotatable bonds is 4. The summed E-state index contributed by atoms with van der Waals surface area (Å²) in [5, 5.41) is 0.649. The van der Waals surface area contributed by atoms with E-state index in [4.69, 9.17) is 11.6 Å². The van der Waals surface area contributed by atoms with Crippen LogP contribution < -0.4 is 9.80 Å². The Balaban J connectivity index is 1.38. The Bertz CT molecular complexity index is 817. The first-order chi connectivity index (χ1) is 13.1. The maximum absolute atomic E-state index is 12.9. The molecular formula is C21H23ClN3O2+. The third-order valence-electron chi connectivity index (χ3n) is 5.52. The molecule has 0 aliphatic carbocycles. The summed E-state index contributed by atoms with van der Waals surface area (Å²) in [6.07, 6.45) is 0.313. The molecule has 0 unspecified atom stereocenters. The Morgan fingerprint density at radius 1 is 0.963 bits per heavy atom. The smallest absolute Gasteiger partial charge is 0.288 e. The fraction of sp³-hybridized carbons (Fsp3) is 0.333. The van der Waals surface area contributed by atoms with E-state index in [2.05, 4.69) is 17.0 Å². The highest BCUT2D eigenvalue weighted by molar-refractivity contribution is 6.30. The van der Waals surface area contributed by atoms with Gasteiger partial charge in [0.05, 0.1) is 39.1 Å². The summed E-state index contributed by atoms with van der Waals surface area (Å²) in [6, 6.07) is 17.4. The van der Waals surface area contributed by atoms with Gasteiger partial charge in [0, 0.05) is 10.7 Å². The van der Waals surface area contributed by atoms with E-state index in [1.807, 2.05) is 30.3 Å². The lowest BCUT2D eigenvalue weighted by atomic mass is 10.1. The third-order valence-corrected chi connectivity index (χ3v) is 5.77. The molecule has 1 N–H and O–H groups in total. The van der Waals surface area contributed by atoms with Gasteiger partial charge in [0.25, 0.3) is 5.91 Å². The number of imide groups is 1. The number of amides is 2. The van der Waals surface area contributed by atoms with Gasteiger partial charge in [-0.05, 0) is 29.8 Å². The van der Waals surface area contributed by atoms with Gasteiger partial charge in [-0.2, -0.15) is 0 Å². The number of likely N-dealkylation sites (tertiary alicyclic amines) is 1. The van der Waals surface area contributed by atoms with Gasteiger partial charge in [0.2, 0.25) is 5.91 Å². The van der Waals surface area contributed by atoms with Crippen LogP contribution in [0.1, 0.15) is 12.0 Å². The lowest BCUT2D eigenvalue weighted by Gasteiger charge is -2.35. The summed E-state index contributed by atoms with van der Waals surface area (Å²) in [5.41, 5.74) is 2.14. The number of nitrogens with zero attached hydrogens (tertiary/aromatic N) is 2. The number of quaternary nitrogens is 1. The molecule has 2 aromatic carbocycles. The van der Waals surface area contributed by atoms with Crippen molar-refractivity contribution in [3.05, 3.63) is 65.2 Å². The summed E-state index contributed by atoms with van der Waals surface area (Å²) in [5.74, 6) is -0.115. The molecule has 0 spiro atoms. The number of carbonyl (C=O) groups excluding carboxylic acids is 2. The minimum atomic E-state index is -0.247. The zero-order valence-electron chi connectivity index (χ0n) is 15.1. The molecule has 2 fully saturated rings. The van der Waals surface area contributed by atoms with Crippen LogP contribution in [0.4, 0.5) is 5.69 Å². The van der Waals surface area contributed by atoms with Crippen molar-refractivity contribution in [2.24, 2.45) is 0 Å². The predicted molar refractivity (Wildman–Crippen MR) is 105 cm³/mol. The van der Waals surface area contributed by atoms with Crippen LogP contribution in [0.15, 0.2) is 54.6 Å². The molecule has 0 radical (unpaired) electrons. The maximum Gasteiger partial charge on any atom is 0.288 e.